The lowest BCUT2D eigenvalue weighted by molar-refractivity contribution is -0.134. The second-order valence-corrected chi connectivity index (χ2v) is 8.73. The van der Waals surface area contributed by atoms with Crippen LogP contribution in [0.25, 0.3) is 0 Å². The molecule has 1 aliphatic rings. The first-order valence-electron chi connectivity index (χ1n) is 9.01. The zero-order chi connectivity index (χ0) is 20.3. The molecule has 8 heteroatoms. The van der Waals surface area contributed by atoms with Crippen LogP contribution in [-0.4, -0.2) is 56.3 Å². The molecule has 0 atom stereocenters. The van der Waals surface area contributed by atoms with Crippen molar-refractivity contribution in [2.24, 2.45) is 0 Å². The first-order valence-corrected chi connectivity index (χ1v) is 10.4. The third kappa shape index (κ3) is 4.51. The van der Waals surface area contributed by atoms with Crippen LogP contribution >= 0.6 is 0 Å². The fourth-order valence-corrected chi connectivity index (χ4v) is 4.45. The van der Waals surface area contributed by atoms with Gasteiger partial charge in [-0.3, -0.25) is 4.79 Å². The molecule has 1 amide bonds. The first-order chi connectivity index (χ1) is 13.3. The second kappa shape index (κ2) is 8.28. The predicted molar refractivity (Wildman–Crippen MR) is 103 cm³/mol. The summed E-state index contributed by atoms with van der Waals surface area (Å²) in [4.78, 5) is 14.1. The van der Waals surface area contributed by atoms with Crippen LogP contribution < -0.4 is 4.74 Å². The van der Waals surface area contributed by atoms with E-state index in [0.29, 0.717) is 5.75 Å². The van der Waals surface area contributed by atoms with E-state index in [0.717, 1.165) is 23.3 Å². The first kappa shape index (κ1) is 20.3. The quantitative estimate of drug-likeness (QED) is 0.765. The van der Waals surface area contributed by atoms with Gasteiger partial charge in [-0.1, -0.05) is 12.1 Å². The van der Waals surface area contributed by atoms with Gasteiger partial charge in [0.1, 0.15) is 11.6 Å². The van der Waals surface area contributed by atoms with E-state index in [-0.39, 0.29) is 43.6 Å². The molecule has 1 fully saturated rings. The van der Waals surface area contributed by atoms with Crippen LogP contribution in [0.3, 0.4) is 0 Å². The number of benzene rings is 2. The molecule has 1 aliphatic heterocycles. The third-order valence-electron chi connectivity index (χ3n) is 4.74. The van der Waals surface area contributed by atoms with E-state index in [2.05, 4.69) is 0 Å². The average Bonchev–Trinajstić information content (AvgIpc) is 2.69. The molecular weight excluding hydrogens is 383 g/mol. The number of hydrogen-bond acceptors (Lipinski definition) is 4. The molecule has 0 bridgehead atoms. The van der Waals surface area contributed by atoms with Crippen LogP contribution in [0, 0.1) is 19.7 Å². The number of ether oxygens (including phenoxy) is 1. The highest BCUT2D eigenvalue weighted by Crippen LogP contribution is 2.20. The van der Waals surface area contributed by atoms with Gasteiger partial charge in [-0.25, -0.2) is 12.8 Å². The number of carbonyl (C=O) groups excluding carboxylic acids is 1. The van der Waals surface area contributed by atoms with Gasteiger partial charge in [-0.05, 0) is 55.3 Å². The van der Waals surface area contributed by atoms with E-state index in [1.165, 1.54) is 16.4 Å². The van der Waals surface area contributed by atoms with Crippen molar-refractivity contribution in [2.75, 3.05) is 32.8 Å². The summed E-state index contributed by atoms with van der Waals surface area (Å²) in [5, 5.41) is 0. The Hall–Kier alpha value is -2.45. The number of hydrogen-bond donors (Lipinski definition) is 0. The second-order valence-electron chi connectivity index (χ2n) is 6.80. The van der Waals surface area contributed by atoms with Gasteiger partial charge in [0, 0.05) is 26.2 Å². The third-order valence-corrected chi connectivity index (χ3v) is 6.65. The van der Waals surface area contributed by atoms with E-state index in [1.54, 1.807) is 4.90 Å². The highest BCUT2D eigenvalue weighted by Gasteiger charge is 2.30. The largest absolute Gasteiger partial charge is 0.483 e. The van der Waals surface area contributed by atoms with Crippen molar-refractivity contribution in [3.63, 3.8) is 0 Å². The summed E-state index contributed by atoms with van der Waals surface area (Å²) in [7, 11) is -3.70. The Morgan fingerprint density at radius 1 is 1.04 bits per heavy atom. The van der Waals surface area contributed by atoms with Crippen molar-refractivity contribution in [3.8, 4) is 5.75 Å². The Bertz CT molecular complexity index is 953. The van der Waals surface area contributed by atoms with Crippen molar-refractivity contribution in [2.45, 2.75) is 18.7 Å². The molecule has 1 heterocycles. The fourth-order valence-electron chi connectivity index (χ4n) is 3.03. The van der Waals surface area contributed by atoms with Crippen LogP contribution in [0.4, 0.5) is 4.39 Å². The zero-order valence-electron chi connectivity index (χ0n) is 15.9. The van der Waals surface area contributed by atoms with Crippen molar-refractivity contribution >= 4 is 15.9 Å². The lowest BCUT2D eigenvalue weighted by Crippen LogP contribution is -2.51. The normalized spacial score (nSPS) is 15.5. The monoisotopic (exact) mass is 406 g/mol. The van der Waals surface area contributed by atoms with Gasteiger partial charge < -0.3 is 9.64 Å². The Morgan fingerprint density at radius 3 is 2.32 bits per heavy atom. The molecule has 1 saturated heterocycles. The van der Waals surface area contributed by atoms with Crippen LogP contribution in [0.2, 0.25) is 0 Å². The molecule has 0 aliphatic carbocycles. The summed E-state index contributed by atoms with van der Waals surface area (Å²) in [6.45, 7) is 4.73. The summed E-state index contributed by atoms with van der Waals surface area (Å²) in [6, 6.07) is 10.5. The topological polar surface area (TPSA) is 66.9 Å². The Kier molecular flexibility index (Phi) is 6.00. The smallest absolute Gasteiger partial charge is 0.260 e. The molecule has 0 spiro atoms. The highest BCUT2D eigenvalue weighted by atomic mass is 32.2. The Morgan fingerprint density at radius 2 is 1.68 bits per heavy atom. The van der Waals surface area contributed by atoms with E-state index < -0.39 is 15.8 Å². The summed E-state index contributed by atoms with van der Waals surface area (Å²) in [5.41, 5.74) is 2.00. The van der Waals surface area contributed by atoms with Gasteiger partial charge in [0.25, 0.3) is 5.91 Å². The van der Waals surface area contributed by atoms with Crippen molar-refractivity contribution in [3.05, 3.63) is 59.4 Å². The van der Waals surface area contributed by atoms with Crippen LogP contribution in [-0.2, 0) is 14.8 Å². The van der Waals surface area contributed by atoms with Crippen LogP contribution in [0.1, 0.15) is 11.1 Å². The highest BCUT2D eigenvalue weighted by molar-refractivity contribution is 7.89. The molecule has 2 aromatic rings. The average molecular weight is 406 g/mol. The molecule has 2 aromatic carbocycles. The molecule has 3 rings (SSSR count). The lowest BCUT2D eigenvalue weighted by Gasteiger charge is -2.34. The molecule has 6 nitrogen and oxygen atoms in total. The van der Waals surface area contributed by atoms with Crippen molar-refractivity contribution in [1.82, 2.24) is 9.21 Å². The van der Waals surface area contributed by atoms with E-state index in [9.17, 15) is 17.6 Å². The van der Waals surface area contributed by atoms with Gasteiger partial charge in [0.2, 0.25) is 10.0 Å². The molecule has 150 valence electrons. The molecule has 0 radical (unpaired) electrons. The van der Waals surface area contributed by atoms with E-state index in [4.69, 9.17) is 4.74 Å². The minimum atomic E-state index is -3.70. The summed E-state index contributed by atoms with van der Waals surface area (Å²) >= 11 is 0. The van der Waals surface area contributed by atoms with Gasteiger partial charge in [-0.15, -0.1) is 0 Å². The van der Waals surface area contributed by atoms with Gasteiger partial charge >= 0.3 is 0 Å². The summed E-state index contributed by atoms with van der Waals surface area (Å²) in [5.74, 6) is 0.00354. The molecule has 0 N–H and O–H groups in total. The van der Waals surface area contributed by atoms with Crippen LogP contribution in [0.5, 0.6) is 5.75 Å². The number of rotatable bonds is 5. The number of aryl methyl sites for hydroxylation is 2. The Balaban J connectivity index is 1.56. The van der Waals surface area contributed by atoms with Crippen LogP contribution in [0.15, 0.2) is 47.4 Å². The maximum Gasteiger partial charge on any atom is 0.260 e. The van der Waals surface area contributed by atoms with E-state index in [1.807, 2.05) is 32.0 Å². The molecule has 0 saturated carbocycles. The number of halogens is 1. The van der Waals surface area contributed by atoms with E-state index >= 15 is 0 Å². The van der Waals surface area contributed by atoms with Gasteiger partial charge in [-0.2, -0.15) is 4.31 Å². The number of carbonyl (C=O) groups is 1. The standard InChI is InChI=1S/C20H23FN2O4S/c1-15-3-4-16(2)19(13-15)27-14-20(24)22-9-11-23(12-10-22)28(25,26)18-7-5-17(21)6-8-18/h3-8,13H,9-12,14H2,1-2H3. The molecular formula is C20H23FN2O4S. The molecule has 0 unspecified atom stereocenters. The minimum absolute atomic E-state index is 0.0481. The predicted octanol–water partition coefficient (Wildman–Crippen LogP) is 2.35. The number of nitrogens with zero attached hydrogens (tertiary/aromatic N) is 2. The number of amides is 1. The van der Waals surface area contributed by atoms with Gasteiger partial charge in [0.15, 0.2) is 6.61 Å². The van der Waals surface area contributed by atoms with Gasteiger partial charge in [0.05, 0.1) is 4.90 Å². The summed E-state index contributed by atoms with van der Waals surface area (Å²) < 4.78 is 45.3. The Labute approximate surface area is 164 Å². The van der Waals surface area contributed by atoms with Crippen molar-refractivity contribution in [1.29, 1.82) is 0 Å². The number of piperazine rings is 1. The molecule has 0 aromatic heterocycles. The maximum atomic E-state index is 13.0. The number of sulfonamides is 1. The zero-order valence-corrected chi connectivity index (χ0v) is 16.7. The SMILES string of the molecule is Cc1ccc(C)c(OCC(=O)N2CCN(S(=O)(=O)c3ccc(F)cc3)CC2)c1. The summed E-state index contributed by atoms with van der Waals surface area (Å²) in [6.07, 6.45) is 0. The van der Waals surface area contributed by atoms with Crippen molar-refractivity contribution < 1.29 is 22.3 Å². The lowest BCUT2D eigenvalue weighted by atomic mass is 10.1. The fraction of sp³-hybridized carbons (Fsp3) is 0.350. The minimum Gasteiger partial charge on any atom is -0.483 e. The molecule has 28 heavy (non-hydrogen) atoms. The maximum absolute atomic E-state index is 13.0.